The molecular formula is C10H14ClNO. The van der Waals surface area contributed by atoms with Crippen LogP contribution in [0.4, 0.5) is 0 Å². The molecule has 1 aromatic heterocycles. The maximum absolute atomic E-state index is 9.58. The van der Waals surface area contributed by atoms with Gasteiger partial charge in [-0.1, -0.05) is 25.4 Å². The van der Waals surface area contributed by atoms with Crippen LogP contribution in [0.2, 0.25) is 5.02 Å². The van der Waals surface area contributed by atoms with Crippen molar-refractivity contribution >= 4 is 11.6 Å². The van der Waals surface area contributed by atoms with Crippen molar-refractivity contribution in [2.75, 3.05) is 0 Å². The van der Waals surface area contributed by atoms with Gasteiger partial charge in [0.15, 0.2) is 0 Å². The largest absolute Gasteiger partial charge is 0.392 e. The molecule has 2 unspecified atom stereocenters. The molecule has 72 valence electrons. The van der Waals surface area contributed by atoms with Gasteiger partial charge in [-0.25, -0.2) is 0 Å². The average Bonchev–Trinajstić information content (AvgIpc) is 2.17. The first-order valence-corrected chi connectivity index (χ1v) is 4.82. The molecule has 3 heteroatoms. The maximum atomic E-state index is 9.58. The summed E-state index contributed by atoms with van der Waals surface area (Å²) in [6.07, 6.45) is 2.02. The van der Waals surface area contributed by atoms with Crippen molar-refractivity contribution in [2.24, 2.45) is 0 Å². The summed E-state index contributed by atoms with van der Waals surface area (Å²) in [4.78, 5) is 4.16. The van der Waals surface area contributed by atoms with Crippen LogP contribution in [0.3, 0.4) is 0 Å². The Bertz CT molecular complexity index is 260. The fourth-order valence-electron chi connectivity index (χ4n) is 1.21. The normalized spacial score (nSPS) is 15.4. The van der Waals surface area contributed by atoms with Gasteiger partial charge in [-0.3, -0.25) is 4.98 Å². The second-order valence-electron chi connectivity index (χ2n) is 3.17. The molecule has 1 aromatic rings. The van der Waals surface area contributed by atoms with Crippen LogP contribution in [0.5, 0.6) is 0 Å². The third-order valence-corrected chi connectivity index (χ3v) is 2.44. The van der Waals surface area contributed by atoms with E-state index in [4.69, 9.17) is 11.6 Å². The molecule has 2 nitrogen and oxygen atoms in total. The second-order valence-corrected chi connectivity index (χ2v) is 3.60. The summed E-state index contributed by atoms with van der Waals surface area (Å²) in [5, 5.41) is 10.2. The minimum Gasteiger partial charge on any atom is -0.392 e. The van der Waals surface area contributed by atoms with E-state index in [0.717, 1.165) is 12.1 Å². The summed E-state index contributed by atoms with van der Waals surface area (Å²) >= 11 is 5.70. The molecule has 0 aliphatic carbocycles. The van der Waals surface area contributed by atoms with Gasteiger partial charge >= 0.3 is 0 Å². The molecule has 1 rings (SSSR count). The van der Waals surface area contributed by atoms with E-state index in [1.54, 1.807) is 12.3 Å². The summed E-state index contributed by atoms with van der Waals surface area (Å²) in [7, 11) is 0. The van der Waals surface area contributed by atoms with E-state index in [1.807, 2.05) is 19.9 Å². The van der Waals surface area contributed by atoms with Crippen molar-refractivity contribution in [3.8, 4) is 0 Å². The highest BCUT2D eigenvalue weighted by molar-refractivity contribution is 6.30. The Morgan fingerprint density at radius 3 is 2.69 bits per heavy atom. The Kier molecular flexibility index (Phi) is 3.70. The zero-order valence-corrected chi connectivity index (χ0v) is 8.62. The van der Waals surface area contributed by atoms with Crippen LogP contribution in [0.15, 0.2) is 18.3 Å². The lowest BCUT2D eigenvalue weighted by Crippen LogP contribution is -2.15. The first-order chi connectivity index (χ1) is 6.15. The minimum absolute atomic E-state index is 0.0715. The van der Waals surface area contributed by atoms with Crippen LogP contribution in [0, 0.1) is 0 Å². The Morgan fingerprint density at radius 1 is 1.54 bits per heavy atom. The molecule has 0 radical (unpaired) electrons. The zero-order chi connectivity index (χ0) is 9.84. The van der Waals surface area contributed by atoms with Gasteiger partial charge in [0.2, 0.25) is 0 Å². The van der Waals surface area contributed by atoms with Crippen LogP contribution in [-0.4, -0.2) is 16.2 Å². The van der Waals surface area contributed by atoms with Crippen LogP contribution < -0.4 is 0 Å². The zero-order valence-electron chi connectivity index (χ0n) is 7.87. The molecule has 13 heavy (non-hydrogen) atoms. The van der Waals surface area contributed by atoms with Crippen molar-refractivity contribution in [1.29, 1.82) is 0 Å². The first kappa shape index (κ1) is 10.5. The number of rotatable bonds is 3. The smallest absolute Gasteiger partial charge is 0.0618 e. The van der Waals surface area contributed by atoms with Gasteiger partial charge in [0.1, 0.15) is 0 Å². The van der Waals surface area contributed by atoms with Crippen molar-refractivity contribution in [3.63, 3.8) is 0 Å². The average molecular weight is 200 g/mol. The summed E-state index contributed by atoms with van der Waals surface area (Å²) in [6.45, 7) is 3.92. The van der Waals surface area contributed by atoms with Gasteiger partial charge in [-0.15, -0.1) is 0 Å². The third-order valence-electron chi connectivity index (χ3n) is 2.21. The van der Waals surface area contributed by atoms with Gasteiger partial charge in [0.05, 0.1) is 11.1 Å². The number of hydrogen-bond donors (Lipinski definition) is 1. The summed E-state index contributed by atoms with van der Waals surface area (Å²) < 4.78 is 0. The van der Waals surface area contributed by atoms with E-state index in [0.29, 0.717) is 5.02 Å². The van der Waals surface area contributed by atoms with Crippen LogP contribution >= 0.6 is 11.6 Å². The molecule has 0 saturated carbocycles. The van der Waals surface area contributed by atoms with E-state index in [2.05, 4.69) is 4.98 Å². The van der Waals surface area contributed by atoms with Gasteiger partial charge in [-0.05, 0) is 18.6 Å². The Hall–Kier alpha value is -0.600. The van der Waals surface area contributed by atoms with Crippen molar-refractivity contribution in [1.82, 2.24) is 4.98 Å². The number of halogens is 1. The van der Waals surface area contributed by atoms with E-state index < -0.39 is 0 Å². The summed E-state index contributed by atoms with van der Waals surface area (Å²) in [5.41, 5.74) is 0.888. The topological polar surface area (TPSA) is 33.1 Å². The van der Waals surface area contributed by atoms with Crippen molar-refractivity contribution < 1.29 is 5.11 Å². The molecule has 0 aliphatic rings. The SMILES string of the molecule is CCC(O)C(C)c1ccc(Cl)cn1. The van der Waals surface area contributed by atoms with Crippen LogP contribution in [-0.2, 0) is 0 Å². The molecule has 0 spiro atoms. The second kappa shape index (κ2) is 4.58. The third kappa shape index (κ3) is 2.68. The highest BCUT2D eigenvalue weighted by atomic mass is 35.5. The van der Waals surface area contributed by atoms with E-state index >= 15 is 0 Å². The Morgan fingerprint density at radius 2 is 2.23 bits per heavy atom. The number of aliphatic hydroxyl groups excluding tert-OH is 1. The maximum Gasteiger partial charge on any atom is 0.0618 e. The monoisotopic (exact) mass is 199 g/mol. The molecule has 0 aromatic carbocycles. The molecule has 2 atom stereocenters. The van der Waals surface area contributed by atoms with Crippen LogP contribution in [0.1, 0.15) is 31.9 Å². The van der Waals surface area contributed by atoms with Gasteiger partial charge in [-0.2, -0.15) is 0 Å². The number of hydrogen-bond acceptors (Lipinski definition) is 2. The fourth-order valence-corrected chi connectivity index (χ4v) is 1.32. The van der Waals surface area contributed by atoms with Gasteiger partial charge in [0, 0.05) is 17.8 Å². The standard InChI is InChI=1S/C10H14ClNO/c1-3-10(13)7(2)9-5-4-8(11)6-12-9/h4-7,10,13H,3H2,1-2H3. The molecule has 0 bridgehead atoms. The molecular weight excluding hydrogens is 186 g/mol. The Labute approximate surface area is 83.6 Å². The van der Waals surface area contributed by atoms with E-state index in [9.17, 15) is 5.11 Å². The van der Waals surface area contributed by atoms with E-state index in [-0.39, 0.29) is 12.0 Å². The van der Waals surface area contributed by atoms with Gasteiger partial charge < -0.3 is 5.11 Å². The molecule has 0 aliphatic heterocycles. The van der Waals surface area contributed by atoms with Gasteiger partial charge in [0.25, 0.3) is 0 Å². The number of aliphatic hydroxyl groups is 1. The Balaban J connectivity index is 2.77. The molecule has 0 amide bonds. The highest BCUT2D eigenvalue weighted by Gasteiger charge is 2.14. The number of aromatic nitrogens is 1. The summed E-state index contributed by atoms with van der Waals surface area (Å²) in [5.74, 6) is 0.0715. The molecule has 0 fully saturated rings. The number of nitrogens with zero attached hydrogens (tertiary/aromatic N) is 1. The minimum atomic E-state index is -0.325. The molecule has 1 N–H and O–H groups in total. The highest BCUT2D eigenvalue weighted by Crippen LogP contribution is 2.19. The predicted molar refractivity (Wildman–Crippen MR) is 54.0 cm³/mol. The lowest BCUT2D eigenvalue weighted by Gasteiger charge is -2.16. The van der Waals surface area contributed by atoms with Crippen molar-refractivity contribution in [2.45, 2.75) is 32.3 Å². The lowest BCUT2D eigenvalue weighted by atomic mass is 9.98. The van der Waals surface area contributed by atoms with E-state index in [1.165, 1.54) is 0 Å². The molecule has 1 heterocycles. The molecule has 0 saturated heterocycles. The van der Waals surface area contributed by atoms with Crippen LogP contribution in [0.25, 0.3) is 0 Å². The summed E-state index contributed by atoms with van der Waals surface area (Å²) in [6, 6.07) is 3.65. The van der Waals surface area contributed by atoms with Crippen molar-refractivity contribution in [3.05, 3.63) is 29.0 Å². The lowest BCUT2D eigenvalue weighted by molar-refractivity contribution is 0.143. The predicted octanol–water partition coefficient (Wildman–Crippen LogP) is 2.61. The quantitative estimate of drug-likeness (QED) is 0.812. The number of pyridine rings is 1. The fraction of sp³-hybridized carbons (Fsp3) is 0.500. The first-order valence-electron chi connectivity index (χ1n) is 4.44.